The van der Waals surface area contributed by atoms with Gasteiger partial charge in [-0.3, -0.25) is 0 Å². The summed E-state index contributed by atoms with van der Waals surface area (Å²) in [6.45, 7) is 15.0. The summed E-state index contributed by atoms with van der Waals surface area (Å²) in [5.41, 5.74) is 0.710. The lowest BCUT2D eigenvalue weighted by atomic mass is 10.2. The summed E-state index contributed by atoms with van der Waals surface area (Å²) in [6, 6.07) is 0. The quantitative estimate of drug-likeness (QED) is 0.540. The van der Waals surface area contributed by atoms with Crippen LogP contribution in [0.3, 0.4) is 0 Å². The fraction of sp³-hybridized carbons (Fsp3) is 0.909. The number of hydrogen-bond acceptors (Lipinski definition) is 1. The average Bonchev–Trinajstić information content (AvgIpc) is 2.00. The number of rotatable bonds is 4. The van der Waals surface area contributed by atoms with Gasteiger partial charge < -0.3 is 4.43 Å². The topological polar surface area (TPSA) is 12.2 Å². The molecule has 0 amide bonds. The van der Waals surface area contributed by atoms with Crippen molar-refractivity contribution in [2.75, 3.05) is 6.54 Å². The number of nitrogens with zero attached hydrogens (tertiary/aromatic N) is 1. The Balaban J connectivity index is 2.67. The molecule has 2 nitrogen and oxygen atoms in total. The molecule has 0 N–H and O–H groups in total. The van der Waals surface area contributed by atoms with Crippen molar-refractivity contribution in [1.29, 1.82) is 0 Å². The smallest absolute Gasteiger partial charge is 0.262 e. The molecule has 1 rings (SSSR count). The van der Waals surface area contributed by atoms with Gasteiger partial charge in [-0.1, -0.05) is 6.55 Å². The predicted octanol–water partition coefficient (Wildman–Crippen LogP) is 1.58. The zero-order valence-electron chi connectivity index (χ0n) is 11.1. The van der Waals surface area contributed by atoms with E-state index in [1.807, 2.05) is 0 Å². The second-order valence-electron chi connectivity index (χ2n) is 5.62. The summed E-state index contributed by atoms with van der Waals surface area (Å²) in [5, 5.41) is 0.185. The van der Waals surface area contributed by atoms with Crippen molar-refractivity contribution in [2.24, 2.45) is 0 Å². The molecule has 0 aromatic heterocycles. The van der Waals surface area contributed by atoms with Gasteiger partial charge >= 0.3 is 0 Å². The highest BCUT2D eigenvalue weighted by Crippen LogP contribution is 2.27. The Morgan fingerprint density at radius 2 is 2.07 bits per heavy atom. The van der Waals surface area contributed by atoms with Crippen LogP contribution in [0, 0.1) is 0 Å². The summed E-state index contributed by atoms with van der Waals surface area (Å²) in [5.74, 6) is 0. The molecule has 1 saturated heterocycles. The minimum absolute atomic E-state index is 0.0929. The lowest BCUT2D eigenvalue weighted by Crippen LogP contribution is -2.61. The standard InChI is InChI=1S/C11H26NOSi2/c1-7-12-9-8-10(12)15(5,6)13-11(2,3)14-4/h7,10H,8-9,14H2,1-6H3/q+1. The Hall–Kier alpha value is 0.0638. The van der Waals surface area contributed by atoms with Gasteiger partial charge in [0.05, 0.1) is 15.9 Å². The van der Waals surface area contributed by atoms with E-state index in [1.165, 1.54) is 13.0 Å². The van der Waals surface area contributed by atoms with Crippen LogP contribution >= 0.6 is 0 Å². The second-order valence-corrected chi connectivity index (χ2v) is 12.1. The van der Waals surface area contributed by atoms with Crippen molar-refractivity contribution in [1.82, 2.24) is 0 Å². The molecule has 0 aromatic rings. The molecule has 15 heavy (non-hydrogen) atoms. The fourth-order valence-electron chi connectivity index (χ4n) is 2.32. The van der Waals surface area contributed by atoms with E-state index >= 15 is 0 Å². The first-order valence-corrected chi connectivity index (χ1v) is 11.2. The highest BCUT2D eigenvalue weighted by molar-refractivity contribution is 6.73. The van der Waals surface area contributed by atoms with Crippen molar-refractivity contribution in [3.05, 3.63) is 0 Å². The van der Waals surface area contributed by atoms with Crippen molar-refractivity contribution in [2.45, 2.75) is 57.7 Å². The van der Waals surface area contributed by atoms with Crippen LogP contribution in [0.25, 0.3) is 0 Å². The van der Waals surface area contributed by atoms with E-state index in [1.54, 1.807) is 0 Å². The summed E-state index contributed by atoms with van der Waals surface area (Å²) in [6.07, 6.45) is 3.55. The van der Waals surface area contributed by atoms with Crippen LogP contribution in [0.1, 0.15) is 27.2 Å². The van der Waals surface area contributed by atoms with Gasteiger partial charge in [0.2, 0.25) is 0 Å². The van der Waals surface area contributed by atoms with Crippen LogP contribution in [0.4, 0.5) is 0 Å². The Bertz CT molecular complexity index is 261. The maximum absolute atomic E-state index is 6.45. The summed E-state index contributed by atoms with van der Waals surface area (Å²) in [4.78, 5) is 0. The Labute approximate surface area is 97.7 Å². The van der Waals surface area contributed by atoms with E-state index in [4.69, 9.17) is 4.43 Å². The van der Waals surface area contributed by atoms with Crippen LogP contribution < -0.4 is 0 Å². The van der Waals surface area contributed by atoms with Gasteiger partial charge in [0.1, 0.15) is 12.8 Å². The van der Waals surface area contributed by atoms with Gasteiger partial charge in [-0.2, -0.15) is 0 Å². The fourth-order valence-corrected chi connectivity index (χ4v) is 7.47. The first-order chi connectivity index (χ1) is 6.82. The summed E-state index contributed by atoms with van der Waals surface area (Å²) in [7, 11) is -1.62. The summed E-state index contributed by atoms with van der Waals surface area (Å²) >= 11 is 0. The molecule has 1 fully saturated rings. The van der Waals surface area contributed by atoms with Gasteiger partial charge in [-0.15, -0.1) is 0 Å². The first kappa shape index (κ1) is 13.1. The first-order valence-electron chi connectivity index (χ1n) is 6.08. The monoisotopic (exact) mass is 244 g/mol. The Morgan fingerprint density at radius 3 is 2.40 bits per heavy atom. The number of hydrogen-bond donors (Lipinski definition) is 0. The van der Waals surface area contributed by atoms with E-state index in [9.17, 15) is 0 Å². The third-order valence-electron chi connectivity index (χ3n) is 3.59. The highest BCUT2D eigenvalue weighted by Gasteiger charge is 2.49. The normalized spacial score (nSPS) is 26.3. The van der Waals surface area contributed by atoms with Crippen LogP contribution in [-0.4, -0.2) is 46.1 Å². The van der Waals surface area contributed by atoms with Crippen molar-refractivity contribution >= 4 is 24.1 Å². The maximum Gasteiger partial charge on any atom is 0.262 e. The molecule has 1 aliphatic heterocycles. The zero-order valence-corrected chi connectivity index (χ0v) is 13.5. The lowest BCUT2D eigenvalue weighted by Gasteiger charge is -2.40. The lowest BCUT2D eigenvalue weighted by molar-refractivity contribution is -0.603. The summed E-state index contributed by atoms with van der Waals surface area (Å²) < 4.78 is 8.91. The van der Waals surface area contributed by atoms with E-state index in [2.05, 4.69) is 51.2 Å². The van der Waals surface area contributed by atoms with Gasteiger partial charge in [-0.05, 0) is 26.9 Å². The van der Waals surface area contributed by atoms with Crippen molar-refractivity contribution in [3.8, 4) is 0 Å². The van der Waals surface area contributed by atoms with Crippen molar-refractivity contribution in [3.63, 3.8) is 0 Å². The zero-order chi connectivity index (χ0) is 11.7. The van der Waals surface area contributed by atoms with Crippen LogP contribution in [0.2, 0.25) is 19.6 Å². The molecule has 1 unspecified atom stereocenters. The van der Waals surface area contributed by atoms with Crippen molar-refractivity contribution < 1.29 is 9.00 Å². The molecular weight excluding hydrogens is 218 g/mol. The van der Waals surface area contributed by atoms with Crippen LogP contribution in [-0.2, 0) is 4.43 Å². The highest BCUT2D eigenvalue weighted by atomic mass is 28.4. The van der Waals surface area contributed by atoms with E-state index in [-0.39, 0.29) is 14.7 Å². The molecular formula is C11H26NOSi2+. The van der Waals surface area contributed by atoms with Gasteiger partial charge in [0.15, 0.2) is 5.67 Å². The molecule has 1 atom stereocenters. The van der Waals surface area contributed by atoms with Gasteiger partial charge in [-0.25, -0.2) is 4.58 Å². The minimum Gasteiger partial charge on any atom is -0.408 e. The molecule has 0 spiro atoms. The molecule has 88 valence electrons. The predicted molar refractivity (Wildman–Crippen MR) is 72.3 cm³/mol. The van der Waals surface area contributed by atoms with E-state index in [0.29, 0.717) is 5.67 Å². The van der Waals surface area contributed by atoms with Gasteiger partial charge in [0.25, 0.3) is 8.32 Å². The molecule has 0 saturated carbocycles. The second kappa shape index (κ2) is 4.51. The molecule has 0 bridgehead atoms. The molecule has 0 aromatic carbocycles. The van der Waals surface area contributed by atoms with Gasteiger partial charge in [0, 0.05) is 12.1 Å². The third-order valence-corrected chi connectivity index (χ3v) is 9.03. The third kappa shape index (κ3) is 3.01. The van der Waals surface area contributed by atoms with Crippen LogP contribution in [0.5, 0.6) is 0 Å². The average molecular weight is 245 g/mol. The molecule has 4 heteroatoms. The van der Waals surface area contributed by atoms with E-state index < -0.39 is 8.32 Å². The minimum atomic E-state index is -1.53. The molecule has 1 heterocycles. The maximum atomic E-state index is 6.45. The SMILES string of the molecule is CC=[N+]1CCC1[Si](C)(C)OC(C)(C)[SiH2]C. The van der Waals surface area contributed by atoms with E-state index in [0.717, 1.165) is 0 Å². The molecule has 1 aliphatic rings. The Kier molecular flexibility index (Phi) is 3.95. The Morgan fingerprint density at radius 1 is 1.47 bits per heavy atom. The molecule has 0 aliphatic carbocycles. The van der Waals surface area contributed by atoms with Crippen LogP contribution in [0.15, 0.2) is 0 Å². The largest absolute Gasteiger partial charge is 0.408 e. The molecule has 0 radical (unpaired) electrons.